The van der Waals surface area contributed by atoms with E-state index in [-0.39, 0.29) is 28.4 Å². The highest BCUT2D eigenvalue weighted by molar-refractivity contribution is 7.90. The fraction of sp³-hybridized carbons (Fsp3) is 0.182. The number of fused-ring (bicyclic) bond motifs is 1. The molecule has 0 radical (unpaired) electrons. The van der Waals surface area contributed by atoms with E-state index in [1.165, 1.54) is 0 Å². The van der Waals surface area contributed by atoms with Crippen molar-refractivity contribution in [3.05, 3.63) is 46.0 Å². The molecule has 0 aromatic heterocycles. The number of hydrogen-bond acceptors (Lipinski definition) is 6. The molecule has 1 amide bonds. The number of amides is 1. The Bertz CT molecular complexity index is 726. The normalized spacial score (nSPS) is 16.1. The average Bonchev–Trinajstić information content (AvgIpc) is 2.59. The zero-order valence-electron chi connectivity index (χ0n) is 10.1. The van der Waals surface area contributed by atoms with Crippen molar-refractivity contribution in [2.45, 2.75) is 4.90 Å². The van der Waals surface area contributed by atoms with E-state index in [1.807, 2.05) is 0 Å². The van der Waals surface area contributed by atoms with Gasteiger partial charge in [-0.2, -0.15) is 12.6 Å². The number of benzene rings is 1. The molecule has 1 aromatic carbocycles. The fourth-order valence-electron chi connectivity index (χ4n) is 1.80. The number of rotatable bonds is 4. The number of carbonyl (C=O) groups is 1. The molecule has 1 aromatic rings. The summed E-state index contributed by atoms with van der Waals surface area (Å²) in [5.74, 6) is -0.554. The van der Waals surface area contributed by atoms with Crippen LogP contribution in [-0.2, 0) is 10.0 Å². The summed E-state index contributed by atoms with van der Waals surface area (Å²) in [6.07, 6.45) is 0. The van der Waals surface area contributed by atoms with Crippen molar-refractivity contribution in [1.29, 1.82) is 0 Å². The summed E-state index contributed by atoms with van der Waals surface area (Å²) >= 11 is 3.96. The fourth-order valence-corrected chi connectivity index (χ4v) is 3.47. The maximum atomic E-state index is 12.2. The molecule has 1 aliphatic rings. The molecule has 0 fully saturated rings. The van der Waals surface area contributed by atoms with Gasteiger partial charge in [-0.3, -0.25) is 14.9 Å². The Morgan fingerprint density at radius 3 is 2.65 bits per heavy atom. The van der Waals surface area contributed by atoms with E-state index in [1.54, 1.807) is 0 Å². The van der Waals surface area contributed by atoms with E-state index < -0.39 is 20.9 Å². The van der Waals surface area contributed by atoms with Crippen LogP contribution in [0.15, 0.2) is 35.2 Å². The summed E-state index contributed by atoms with van der Waals surface area (Å²) in [7, 11) is -3.98. The molecule has 0 saturated carbocycles. The van der Waals surface area contributed by atoms with Gasteiger partial charge >= 0.3 is 0 Å². The molecule has 20 heavy (non-hydrogen) atoms. The van der Waals surface area contributed by atoms with Crippen molar-refractivity contribution in [2.24, 2.45) is 0 Å². The number of nitro groups is 1. The average molecular weight is 314 g/mol. The Labute approximate surface area is 120 Å². The monoisotopic (exact) mass is 314 g/mol. The topological polar surface area (TPSA) is 97.6 Å². The van der Waals surface area contributed by atoms with Gasteiger partial charge in [0, 0.05) is 17.9 Å². The molecule has 9 heteroatoms. The van der Waals surface area contributed by atoms with Crippen molar-refractivity contribution in [3.63, 3.8) is 0 Å². The highest BCUT2D eigenvalue weighted by atomic mass is 32.2. The van der Waals surface area contributed by atoms with Gasteiger partial charge in [-0.05, 0) is 11.6 Å². The first-order valence-corrected chi connectivity index (χ1v) is 7.49. The quantitative estimate of drug-likeness (QED) is 0.390. The molecule has 0 bridgehead atoms. The molecule has 0 atom stereocenters. The van der Waals surface area contributed by atoms with Crippen LogP contribution in [0, 0.1) is 10.1 Å². The van der Waals surface area contributed by atoms with Crippen LogP contribution >= 0.6 is 12.6 Å². The second kappa shape index (κ2) is 4.91. The van der Waals surface area contributed by atoms with Crippen molar-refractivity contribution in [2.75, 3.05) is 12.3 Å². The standard InChI is InChI=1S/C11H10N2O5S2/c1-7(6-19)5-12-11(14)9-4-8(13(15)16)2-3-10(9)20(12,17)18/h2-4,19H,1,5-6H2. The van der Waals surface area contributed by atoms with Crippen molar-refractivity contribution in [3.8, 4) is 0 Å². The number of carbonyl (C=O) groups excluding carboxylic acids is 1. The molecular formula is C11H10N2O5S2. The maximum Gasteiger partial charge on any atom is 0.270 e. The minimum absolute atomic E-state index is 0.187. The highest BCUT2D eigenvalue weighted by Gasteiger charge is 2.42. The lowest BCUT2D eigenvalue weighted by molar-refractivity contribution is -0.384. The first-order valence-electron chi connectivity index (χ1n) is 5.42. The molecule has 0 N–H and O–H groups in total. The first kappa shape index (κ1) is 14.5. The zero-order valence-corrected chi connectivity index (χ0v) is 11.9. The van der Waals surface area contributed by atoms with Gasteiger partial charge in [-0.15, -0.1) is 0 Å². The number of hydrogen-bond donors (Lipinski definition) is 1. The number of nitro benzene ring substituents is 1. The third-order valence-corrected chi connectivity index (χ3v) is 5.02. The van der Waals surface area contributed by atoms with Crippen LogP contribution in [0.3, 0.4) is 0 Å². The SMILES string of the molecule is C=C(CS)CN1C(=O)c2cc([N+](=O)[O-])ccc2S1(=O)=O. The van der Waals surface area contributed by atoms with E-state index in [0.717, 1.165) is 18.2 Å². The predicted octanol–water partition coefficient (Wildman–Crippen LogP) is 1.23. The highest BCUT2D eigenvalue weighted by Crippen LogP contribution is 2.33. The van der Waals surface area contributed by atoms with Gasteiger partial charge in [0.1, 0.15) is 4.90 Å². The molecule has 0 unspecified atom stereocenters. The van der Waals surface area contributed by atoms with Crippen molar-refractivity contribution in [1.82, 2.24) is 4.31 Å². The smallest absolute Gasteiger partial charge is 0.268 e. The van der Waals surface area contributed by atoms with Crippen LogP contribution < -0.4 is 0 Å². The van der Waals surface area contributed by atoms with E-state index in [4.69, 9.17) is 0 Å². The predicted molar refractivity (Wildman–Crippen MR) is 74.3 cm³/mol. The minimum Gasteiger partial charge on any atom is -0.268 e. The number of non-ortho nitro benzene ring substituents is 1. The van der Waals surface area contributed by atoms with Crippen LogP contribution in [0.5, 0.6) is 0 Å². The minimum atomic E-state index is -3.98. The van der Waals surface area contributed by atoms with Crippen molar-refractivity contribution < 1.29 is 18.1 Å². The zero-order chi connectivity index (χ0) is 15.1. The Balaban J connectivity index is 2.53. The van der Waals surface area contributed by atoms with Gasteiger partial charge < -0.3 is 0 Å². The molecular weight excluding hydrogens is 304 g/mol. The molecule has 2 rings (SSSR count). The van der Waals surface area contributed by atoms with Gasteiger partial charge in [0.25, 0.3) is 21.6 Å². The summed E-state index contributed by atoms with van der Waals surface area (Å²) in [4.78, 5) is 21.9. The molecule has 0 saturated heterocycles. The second-order valence-corrected chi connectivity index (χ2v) is 6.31. The lowest BCUT2D eigenvalue weighted by Gasteiger charge is -2.15. The van der Waals surface area contributed by atoms with Gasteiger partial charge in [-0.25, -0.2) is 12.7 Å². The van der Waals surface area contributed by atoms with Gasteiger partial charge in [-0.1, -0.05) is 6.58 Å². The molecule has 1 aliphatic heterocycles. The number of nitrogens with zero attached hydrogens (tertiary/aromatic N) is 2. The molecule has 0 aliphatic carbocycles. The third-order valence-electron chi connectivity index (χ3n) is 2.79. The summed E-state index contributed by atoms with van der Waals surface area (Å²) in [6, 6.07) is 3.10. The van der Waals surface area contributed by atoms with Gasteiger partial charge in [0.2, 0.25) is 0 Å². The Hall–Kier alpha value is -1.87. The van der Waals surface area contributed by atoms with Crippen LogP contribution in [0.1, 0.15) is 10.4 Å². The van der Waals surface area contributed by atoms with E-state index in [2.05, 4.69) is 19.2 Å². The van der Waals surface area contributed by atoms with E-state index in [0.29, 0.717) is 9.88 Å². The summed E-state index contributed by atoms with van der Waals surface area (Å²) in [5.41, 5.74) is -0.0686. The largest absolute Gasteiger partial charge is 0.270 e. The van der Waals surface area contributed by atoms with Crippen LogP contribution in [0.2, 0.25) is 0 Å². The second-order valence-electron chi connectivity index (χ2n) is 4.16. The molecule has 0 spiro atoms. The van der Waals surface area contributed by atoms with Gasteiger partial charge in [0.15, 0.2) is 0 Å². The lowest BCUT2D eigenvalue weighted by Crippen LogP contribution is -2.32. The summed E-state index contributed by atoms with van der Waals surface area (Å²) in [5, 5.41) is 10.7. The van der Waals surface area contributed by atoms with Crippen LogP contribution in [0.25, 0.3) is 0 Å². The van der Waals surface area contributed by atoms with E-state index in [9.17, 15) is 23.3 Å². The molecule has 7 nitrogen and oxygen atoms in total. The van der Waals surface area contributed by atoms with Crippen LogP contribution in [-0.4, -0.2) is 35.9 Å². The van der Waals surface area contributed by atoms with E-state index >= 15 is 0 Å². The van der Waals surface area contributed by atoms with Gasteiger partial charge in [0.05, 0.1) is 17.0 Å². The molecule has 106 valence electrons. The third kappa shape index (κ3) is 2.18. The lowest BCUT2D eigenvalue weighted by atomic mass is 10.2. The Morgan fingerprint density at radius 2 is 2.10 bits per heavy atom. The maximum absolute atomic E-state index is 12.2. The Kier molecular flexibility index (Phi) is 3.57. The summed E-state index contributed by atoms with van der Waals surface area (Å²) in [6.45, 7) is 3.41. The van der Waals surface area contributed by atoms with Crippen LogP contribution in [0.4, 0.5) is 5.69 Å². The summed E-state index contributed by atoms with van der Waals surface area (Å²) < 4.78 is 25.0. The molecule has 1 heterocycles. The van der Waals surface area contributed by atoms with Crippen molar-refractivity contribution >= 4 is 34.2 Å². The number of sulfonamides is 1. The number of thiol groups is 1. The Morgan fingerprint density at radius 1 is 1.45 bits per heavy atom. The first-order chi connectivity index (χ1) is 9.28.